The fraction of sp³-hybridized carbons (Fsp3) is 0.550. The maximum atomic E-state index is 12.8. The summed E-state index contributed by atoms with van der Waals surface area (Å²) in [7, 11) is 0. The number of hydrogen-bond donors (Lipinski definition) is 1. The minimum Gasteiger partial charge on any atom is -0.379 e. The van der Waals surface area contributed by atoms with Gasteiger partial charge in [-0.1, -0.05) is 35.5 Å². The van der Waals surface area contributed by atoms with Gasteiger partial charge in [0.05, 0.1) is 19.8 Å². The monoisotopic (exact) mass is 385 g/mol. The fourth-order valence-corrected chi connectivity index (χ4v) is 3.82. The van der Waals surface area contributed by atoms with Crippen molar-refractivity contribution in [2.24, 2.45) is 0 Å². The highest BCUT2D eigenvalue weighted by Gasteiger charge is 2.29. The van der Waals surface area contributed by atoms with Crippen molar-refractivity contribution < 1.29 is 14.1 Å². The Labute approximate surface area is 164 Å². The van der Waals surface area contributed by atoms with Gasteiger partial charge >= 0.3 is 6.03 Å². The van der Waals surface area contributed by atoms with E-state index in [1.54, 1.807) is 0 Å². The van der Waals surface area contributed by atoms with E-state index in [2.05, 4.69) is 20.4 Å². The second-order valence-electron chi connectivity index (χ2n) is 7.29. The molecule has 2 aromatic rings. The number of ether oxygens (including phenoxy) is 1. The van der Waals surface area contributed by atoms with Crippen molar-refractivity contribution >= 4 is 6.03 Å². The molecular weight excluding hydrogens is 358 g/mol. The molecule has 1 aromatic carbocycles. The Kier molecular flexibility index (Phi) is 6.18. The Balaban J connectivity index is 1.32. The molecule has 1 atom stereocenters. The average molecular weight is 385 g/mol. The Hall–Kier alpha value is -2.45. The Morgan fingerprint density at radius 1 is 1.14 bits per heavy atom. The number of likely N-dealkylation sites (tertiary alicyclic amines) is 1. The van der Waals surface area contributed by atoms with E-state index in [4.69, 9.17) is 9.26 Å². The largest absolute Gasteiger partial charge is 0.379 e. The number of carbonyl (C=O) groups excluding carboxylic acids is 1. The number of hydrogen-bond acceptors (Lipinski definition) is 6. The topological polar surface area (TPSA) is 83.7 Å². The Morgan fingerprint density at radius 2 is 1.96 bits per heavy atom. The highest BCUT2D eigenvalue weighted by Crippen LogP contribution is 2.19. The van der Waals surface area contributed by atoms with Gasteiger partial charge < -0.3 is 19.5 Å². The molecule has 8 heteroatoms. The third-order valence-corrected chi connectivity index (χ3v) is 5.35. The second kappa shape index (κ2) is 9.16. The summed E-state index contributed by atoms with van der Waals surface area (Å²) >= 11 is 0. The molecule has 2 fully saturated rings. The summed E-state index contributed by atoms with van der Waals surface area (Å²) in [5.74, 6) is 0.946. The molecule has 150 valence electrons. The molecule has 4 rings (SSSR count). The van der Waals surface area contributed by atoms with Crippen molar-refractivity contribution in [1.29, 1.82) is 0 Å². The third kappa shape index (κ3) is 4.69. The molecule has 0 radical (unpaired) electrons. The van der Waals surface area contributed by atoms with E-state index in [0.717, 1.165) is 57.8 Å². The van der Waals surface area contributed by atoms with Crippen LogP contribution in [0.3, 0.4) is 0 Å². The molecule has 2 aliphatic rings. The van der Waals surface area contributed by atoms with Crippen LogP contribution in [0.5, 0.6) is 0 Å². The zero-order valence-electron chi connectivity index (χ0n) is 16.0. The first-order valence-corrected chi connectivity index (χ1v) is 10.0. The SMILES string of the molecule is O=C(NCc1nc(-c2ccccc2)no1)N1CCCCC1CN1CCOCC1. The number of morpholine rings is 1. The van der Waals surface area contributed by atoms with Gasteiger partial charge in [0.1, 0.15) is 0 Å². The van der Waals surface area contributed by atoms with Crippen LogP contribution in [0.2, 0.25) is 0 Å². The molecule has 1 N–H and O–H groups in total. The van der Waals surface area contributed by atoms with Gasteiger partial charge in [-0.3, -0.25) is 4.90 Å². The molecule has 2 saturated heterocycles. The summed E-state index contributed by atoms with van der Waals surface area (Å²) in [5.41, 5.74) is 0.894. The number of carbonyl (C=O) groups is 1. The van der Waals surface area contributed by atoms with Gasteiger partial charge in [0.25, 0.3) is 0 Å². The second-order valence-corrected chi connectivity index (χ2v) is 7.29. The highest BCUT2D eigenvalue weighted by molar-refractivity contribution is 5.74. The highest BCUT2D eigenvalue weighted by atomic mass is 16.5. The van der Waals surface area contributed by atoms with E-state index < -0.39 is 0 Å². The summed E-state index contributed by atoms with van der Waals surface area (Å²) in [6.07, 6.45) is 3.26. The number of nitrogens with one attached hydrogen (secondary N) is 1. The lowest BCUT2D eigenvalue weighted by Gasteiger charge is -2.39. The number of aromatic nitrogens is 2. The molecule has 3 heterocycles. The van der Waals surface area contributed by atoms with Crippen molar-refractivity contribution in [1.82, 2.24) is 25.3 Å². The van der Waals surface area contributed by atoms with Crippen LogP contribution in [0.15, 0.2) is 34.9 Å². The number of benzene rings is 1. The van der Waals surface area contributed by atoms with Crippen LogP contribution in [-0.4, -0.2) is 71.4 Å². The van der Waals surface area contributed by atoms with E-state index in [9.17, 15) is 4.79 Å². The van der Waals surface area contributed by atoms with Crippen molar-refractivity contribution in [3.05, 3.63) is 36.2 Å². The molecule has 1 aromatic heterocycles. The number of amides is 2. The number of piperidine rings is 1. The maximum absolute atomic E-state index is 12.8. The summed E-state index contributed by atoms with van der Waals surface area (Å²) in [5, 5.41) is 6.95. The third-order valence-electron chi connectivity index (χ3n) is 5.35. The summed E-state index contributed by atoms with van der Waals surface area (Å²) in [6, 6.07) is 9.84. The molecule has 8 nitrogen and oxygen atoms in total. The number of rotatable bonds is 5. The van der Waals surface area contributed by atoms with Crippen LogP contribution in [0.4, 0.5) is 4.79 Å². The van der Waals surface area contributed by atoms with Crippen LogP contribution in [0, 0.1) is 0 Å². The molecule has 2 amide bonds. The van der Waals surface area contributed by atoms with Crippen LogP contribution < -0.4 is 5.32 Å². The van der Waals surface area contributed by atoms with Crippen LogP contribution >= 0.6 is 0 Å². The first-order chi connectivity index (χ1) is 13.8. The van der Waals surface area contributed by atoms with E-state index in [0.29, 0.717) is 11.7 Å². The zero-order valence-corrected chi connectivity index (χ0v) is 16.0. The molecule has 28 heavy (non-hydrogen) atoms. The van der Waals surface area contributed by atoms with Gasteiger partial charge in [-0.25, -0.2) is 4.79 Å². The summed E-state index contributed by atoms with van der Waals surface area (Å²) < 4.78 is 10.7. The van der Waals surface area contributed by atoms with Gasteiger partial charge in [0.2, 0.25) is 11.7 Å². The lowest BCUT2D eigenvalue weighted by atomic mass is 10.0. The van der Waals surface area contributed by atoms with Gasteiger partial charge in [0, 0.05) is 37.8 Å². The van der Waals surface area contributed by atoms with Crippen molar-refractivity contribution in [3.63, 3.8) is 0 Å². The predicted molar refractivity (Wildman–Crippen MR) is 104 cm³/mol. The van der Waals surface area contributed by atoms with Crippen molar-refractivity contribution in [2.45, 2.75) is 31.8 Å². The lowest BCUT2D eigenvalue weighted by Crippen LogP contribution is -2.53. The first-order valence-electron chi connectivity index (χ1n) is 10.0. The molecule has 0 spiro atoms. The average Bonchev–Trinajstić information content (AvgIpc) is 3.23. The standard InChI is InChI=1S/C20H27N5O3/c26-20(21-14-18-22-19(23-28-18)16-6-2-1-3-7-16)25-9-5-4-8-17(25)15-24-10-12-27-13-11-24/h1-3,6-7,17H,4-5,8-15H2,(H,21,26). The number of urea groups is 1. The minimum atomic E-state index is -0.0579. The first kappa shape index (κ1) is 18.9. The van der Waals surface area contributed by atoms with Crippen LogP contribution in [0.25, 0.3) is 11.4 Å². The lowest BCUT2D eigenvalue weighted by molar-refractivity contribution is 0.0221. The normalized spacial score (nSPS) is 20.9. The van der Waals surface area contributed by atoms with E-state index in [1.807, 2.05) is 35.2 Å². The van der Waals surface area contributed by atoms with Crippen LogP contribution in [-0.2, 0) is 11.3 Å². The summed E-state index contributed by atoms with van der Waals surface area (Å²) in [4.78, 5) is 21.5. The molecule has 0 saturated carbocycles. The van der Waals surface area contributed by atoms with Crippen molar-refractivity contribution in [3.8, 4) is 11.4 Å². The van der Waals surface area contributed by atoms with Crippen molar-refractivity contribution in [2.75, 3.05) is 39.4 Å². The molecular formula is C20H27N5O3. The maximum Gasteiger partial charge on any atom is 0.318 e. The van der Waals surface area contributed by atoms with Gasteiger partial charge in [-0.05, 0) is 19.3 Å². The van der Waals surface area contributed by atoms with E-state index in [-0.39, 0.29) is 18.6 Å². The Bertz CT molecular complexity index is 760. The molecule has 1 unspecified atom stereocenters. The fourth-order valence-electron chi connectivity index (χ4n) is 3.82. The van der Waals surface area contributed by atoms with E-state index >= 15 is 0 Å². The predicted octanol–water partition coefficient (Wildman–Crippen LogP) is 2.13. The zero-order chi connectivity index (χ0) is 19.2. The number of nitrogens with zero attached hydrogens (tertiary/aromatic N) is 4. The minimum absolute atomic E-state index is 0.0579. The van der Waals surface area contributed by atoms with E-state index in [1.165, 1.54) is 6.42 Å². The smallest absolute Gasteiger partial charge is 0.318 e. The Morgan fingerprint density at radius 3 is 2.79 bits per heavy atom. The molecule has 2 aliphatic heterocycles. The van der Waals surface area contributed by atoms with Gasteiger partial charge in [0.15, 0.2) is 0 Å². The van der Waals surface area contributed by atoms with Gasteiger partial charge in [-0.2, -0.15) is 4.98 Å². The van der Waals surface area contributed by atoms with Gasteiger partial charge in [-0.15, -0.1) is 0 Å². The summed E-state index contributed by atoms with van der Waals surface area (Å²) in [6.45, 7) is 5.38. The van der Waals surface area contributed by atoms with Crippen LogP contribution in [0.1, 0.15) is 25.2 Å². The molecule has 0 bridgehead atoms. The quantitative estimate of drug-likeness (QED) is 0.849. The molecule has 0 aliphatic carbocycles.